The molecule has 0 aromatic carbocycles. The normalized spacial score (nSPS) is 29.2. The van der Waals surface area contributed by atoms with Crippen molar-refractivity contribution >= 4 is 51.7 Å². The summed E-state index contributed by atoms with van der Waals surface area (Å²) in [6, 6.07) is 1.69. The number of nitrogen functional groups attached to an aromatic ring is 1. The Morgan fingerprint density at radius 3 is 2.53 bits per heavy atom. The van der Waals surface area contributed by atoms with E-state index >= 15 is 0 Å². The number of hydrogen-bond donors (Lipinski definition) is 3. The van der Waals surface area contributed by atoms with Gasteiger partial charge >= 0.3 is 11.8 Å². The zero-order chi connectivity index (χ0) is 32.9. The molecular weight excluding hydrogens is 650 g/mol. The molecule has 0 radical (unpaired) electrons. The molecular formula is C30H36FN9O5S2. The average molecular weight is 686 g/mol. The molecule has 5 fully saturated rings. The molecule has 1 spiro atoms. The quantitative estimate of drug-likeness (QED) is 0.274. The van der Waals surface area contributed by atoms with Crippen LogP contribution in [0, 0.1) is 11.3 Å². The lowest BCUT2D eigenvalue weighted by Gasteiger charge is -2.48. The number of piperazine rings is 1. The molecule has 2 bridgehead atoms. The number of rotatable bonds is 7. The molecule has 6 aliphatic rings. The number of aromatic nitrogens is 3. The molecule has 2 aromatic rings. The van der Waals surface area contributed by atoms with Gasteiger partial charge in [0.25, 0.3) is 5.91 Å². The fourth-order valence-corrected chi connectivity index (χ4v) is 11.3. The van der Waals surface area contributed by atoms with Crippen molar-refractivity contribution in [1.29, 1.82) is 5.26 Å². The van der Waals surface area contributed by atoms with E-state index in [9.17, 15) is 29.5 Å². The van der Waals surface area contributed by atoms with Crippen molar-refractivity contribution in [3.63, 3.8) is 0 Å². The Hall–Kier alpha value is -3.30. The highest BCUT2D eigenvalue weighted by molar-refractivity contribution is 8.00. The number of anilines is 3. The van der Waals surface area contributed by atoms with Crippen molar-refractivity contribution in [3.05, 3.63) is 16.0 Å². The number of nitrogens with two attached hydrogens (primary N) is 1. The van der Waals surface area contributed by atoms with Crippen LogP contribution in [-0.4, -0.2) is 122 Å². The SMILES string of the molecule is CC(=O)C(O)(O)C(=O)N1[C@@H]2CC[C@H]1CN(c1nc(OC[C@@]34CCCN3C[C@H](F)C4)nc(N3CC4(C3)SCc3sc(N)c(C#N)c34)n1)C2. The molecule has 0 aliphatic carbocycles. The van der Waals surface area contributed by atoms with Gasteiger partial charge in [-0.3, -0.25) is 14.5 Å². The number of nitrogens with zero attached hydrogens (tertiary/aromatic N) is 8. The first-order chi connectivity index (χ1) is 22.4. The number of thiophene rings is 1. The van der Waals surface area contributed by atoms with Crippen LogP contribution in [-0.2, 0) is 20.1 Å². The number of halogens is 1. The van der Waals surface area contributed by atoms with E-state index in [2.05, 4.69) is 11.0 Å². The molecule has 4 atom stereocenters. The number of nitriles is 1. The highest BCUT2D eigenvalue weighted by atomic mass is 32.2. The van der Waals surface area contributed by atoms with E-state index < -0.39 is 23.6 Å². The Bertz CT molecular complexity index is 1680. The van der Waals surface area contributed by atoms with Gasteiger partial charge in [0, 0.05) is 74.3 Å². The first kappa shape index (κ1) is 31.0. The monoisotopic (exact) mass is 685 g/mol. The number of hydrogen-bond acceptors (Lipinski definition) is 15. The largest absolute Gasteiger partial charge is 0.461 e. The molecule has 0 saturated carbocycles. The second-order valence-electron chi connectivity index (χ2n) is 13.7. The van der Waals surface area contributed by atoms with Crippen molar-refractivity contribution in [2.75, 3.05) is 61.4 Å². The number of carbonyl (C=O) groups is 2. The van der Waals surface area contributed by atoms with Gasteiger partial charge in [-0.2, -0.15) is 20.2 Å². The van der Waals surface area contributed by atoms with Gasteiger partial charge < -0.3 is 35.4 Å². The Labute approximate surface area is 278 Å². The van der Waals surface area contributed by atoms with Crippen molar-refractivity contribution in [1.82, 2.24) is 24.8 Å². The summed E-state index contributed by atoms with van der Waals surface area (Å²) < 4.78 is 20.5. The Morgan fingerprint density at radius 1 is 1.15 bits per heavy atom. The maximum atomic E-state index is 14.5. The predicted octanol–water partition coefficient (Wildman–Crippen LogP) is 0.754. The van der Waals surface area contributed by atoms with E-state index in [1.54, 1.807) is 11.8 Å². The van der Waals surface area contributed by atoms with Crippen molar-refractivity contribution in [2.24, 2.45) is 0 Å². The van der Waals surface area contributed by atoms with E-state index in [-0.39, 0.29) is 35.0 Å². The van der Waals surface area contributed by atoms with Gasteiger partial charge in [-0.15, -0.1) is 23.1 Å². The van der Waals surface area contributed by atoms with Gasteiger partial charge in [0.15, 0.2) is 5.78 Å². The summed E-state index contributed by atoms with van der Waals surface area (Å²) in [5, 5.41) is 30.8. The minimum absolute atomic E-state index is 0.138. The summed E-state index contributed by atoms with van der Waals surface area (Å²) in [7, 11) is 0. The fourth-order valence-electron chi connectivity index (χ4n) is 8.49. The molecule has 6 aliphatic heterocycles. The minimum Gasteiger partial charge on any atom is -0.461 e. The van der Waals surface area contributed by atoms with Crippen molar-refractivity contribution in [2.45, 2.75) is 79.1 Å². The molecule has 8 heterocycles. The number of fused-ring (bicyclic) bond motifs is 5. The molecule has 17 heteroatoms. The van der Waals surface area contributed by atoms with Gasteiger partial charge in [-0.1, -0.05) is 0 Å². The second kappa shape index (κ2) is 10.9. The first-order valence-electron chi connectivity index (χ1n) is 16.0. The van der Waals surface area contributed by atoms with Gasteiger partial charge in [0.2, 0.25) is 11.9 Å². The number of aliphatic hydroxyl groups is 2. The van der Waals surface area contributed by atoms with Gasteiger partial charge in [-0.05, 0) is 32.2 Å². The molecule has 14 nitrogen and oxygen atoms in total. The van der Waals surface area contributed by atoms with Crippen LogP contribution in [0.3, 0.4) is 0 Å². The summed E-state index contributed by atoms with van der Waals surface area (Å²) in [6.45, 7) is 4.28. The fraction of sp³-hybridized carbons (Fsp3) is 0.667. The summed E-state index contributed by atoms with van der Waals surface area (Å²) in [6.07, 6.45) is 2.60. The molecule has 5 saturated heterocycles. The van der Waals surface area contributed by atoms with Crippen LogP contribution in [0.4, 0.5) is 21.3 Å². The minimum atomic E-state index is -3.07. The zero-order valence-corrected chi connectivity index (χ0v) is 27.5. The zero-order valence-electron chi connectivity index (χ0n) is 25.9. The molecule has 250 valence electrons. The second-order valence-corrected chi connectivity index (χ2v) is 16.2. The summed E-state index contributed by atoms with van der Waals surface area (Å²) in [5.74, 6) is -3.51. The smallest absolute Gasteiger partial charge is 0.323 e. The average Bonchev–Trinajstić information content (AvgIpc) is 3.79. The molecule has 47 heavy (non-hydrogen) atoms. The molecule has 8 rings (SSSR count). The van der Waals surface area contributed by atoms with Crippen LogP contribution in [0.1, 0.15) is 55.0 Å². The molecule has 1 amide bonds. The number of Topliss-reactive ketones (excluding diaryl/α,β-unsaturated/α-hetero) is 1. The maximum absolute atomic E-state index is 14.5. The standard InChI is InChI=1S/C30H36FN9O5S2/c1-16(41)30(43,44)24(42)40-18-3-4-19(40)11-37(10-18)25-34-26(36-27(35-25)45-15-28-5-2-6-39(28)9-17(31)7-28)38-13-29(14-38)22-20(8-32)23(33)47-21(22)12-46-29/h17-19,43-44H,2-7,9-15,33H2,1H3/t17-,18-,19+,28+/m1/s1. The molecule has 2 aromatic heterocycles. The lowest BCUT2D eigenvalue weighted by atomic mass is 9.88. The number of amides is 1. The first-order valence-corrected chi connectivity index (χ1v) is 17.8. The molecule has 4 N–H and O–H groups in total. The van der Waals surface area contributed by atoms with Gasteiger partial charge in [0.1, 0.15) is 23.8 Å². The molecule has 0 unspecified atom stereocenters. The number of ketones is 1. The van der Waals surface area contributed by atoms with E-state index in [4.69, 9.17) is 25.4 Å². The Kier molecular flexibility index (Phi) is 7.16. The highest BCUT2D eigenvalue weighted by Gasteiger charge is 2.55. The number of carbonyl (C=O) groups excluding carboxylic acids is 2. The Morgan fingerprint density at radius 2 is 1.85 bits per heavy atom. The Balaban J connectivity index is 1.07. The van der Waals surface area contributed by atoms with Crippen LogP contribution in [0.15, 0.2) is 0 Å². The van der Waals surface area contributed by atoms with E-state index in [1.807, 2.05) is 9.80 Å². The van der Waals surface area contributed by atoms with Gasteiger partial charge in [0.05, 0.1) is 15.8 Å². The number of thioether (sulfide) groups is 1. The van der Waals surface area contributed by atoms with Crippen LogP contribution in [0.5, 0.6) is 6.01 Å². The van der Waals surface area contributed by atoms with Crippen molar-refractivity contribution in [3.8, 4) is 12.1 Å². The summed E-state index contributed by atoms with van der Waals surface area (Å²) in [4.78, 5) is 47.9. The maximum Gasteiger partial charge on any atom is 0.323 e. The van der Waals surface area contributed by atoms with Crippen LogP contribution in [0.2, 0.25) is 0 Å². The lowest BCUT2D eigenvalue weighted by molar-refractivity contribution is -0.199. The third-order valence-corrected chi connectivity index (χ3v) is 13.5. The third kappa shape index (κ3) is 4.78. The van der Waals surface area contributed by atoms with Crippen LogP contribution in [0.25, 0.3) is 0 Å². The summed E-state index contributed by atoms with van der Waals surface area (Å²) >= 11 is 3.28. The van der Waals surface area contributed by atoms with Crippen LogP contribution >= 0.6 is 23.1 Å². The van der Waals surface area contributed by atoms with Crippen LogP contribution < -0.4 is 20.3 Å². The summed E-state index contributed by atoms with van der Waals surface area (Å²) in [5.41, 5.74) is 7.36. The van der Waals surface area contributed by atoms with Gasteiger partial charge in [-0.25, -0.2) is 4.39 Å². The highest BCUT2D eigenvalue weighted by Crippen LogP contribution is 2.57. The number of alkyl halides is 1. The third-order valence-electron chi connectivity index (χ3n) is 10.8. The number of ether oxygens (including phenoxy) is 1. The lowest BCUT2D eigenvalue weighted by Crippen LogP contribution is -2.63. The topological polar surface area (TPSA) is 185 Å². The van der Waals surface area contributed by atoms with Crippen molar-refractivity contribution < 1.29 is 28.9 Å². The van der Waals surface area contributed by atoms with E-state index in [0.29, 0.717) is 74.4 Å². The predicted molar refractivity (Wildman–Crippen MR) is 171 cm³/mol. The van der Waals surface area contributed by atoms with E-state index in [0.717, 1.165) is 42.5 Å². The van der Waals surface area contributed by atoms with E-state index in [1.165, 1.54) is 16.2 Å².